The number of nitrogens with two attached hydrogens (primary N) is 1. The molecule has 7 heteroatoms. The van der Waals surface area contributed by atoms with E-state index in [1.807, 2.05) is 18.2 Å². The Bertz CT molecular complexity index is 761. The highest BCUT2D eigenvalue weighted by Crippen LogP contribution is 2.18. The van der Waals surface area contributed by atoms with Crippen molar-refractivity contribution in [1.82, 2.24) is 14.5 Å². The first-order valence-corrected chi connectivity index (χ1v) is 8.16. The highest BCUT2D eigenvalue weighted by molar-refractivity contribution is 5.76. The van der Waals surface area contributed by atoms with E-state index in [9.17, 15) is 4.79 Å². The van der Waals surface area contributed by atoms with Crippen LogP contribution < -0.4 is 16.0 Å². The molecular formula is C17H24N4O3. The monoisotopic (exact) mass is 332 g/mol. The second kappa shape index (κ2) is 7.29. The number of fused-ring (bicyclic) bond motifs is 1. The van der Waals surface area contributed by atoms with E-state index in [4.69, 9.17) is 15.2 Å². The lowest BCUT2D eigenvalue weighted by atomic mass is 10.0. The fourth-order valence-electron chi connectivity index (χ4n) is 3.19. The maximum Gasteiger partial charge on any atom is 0.269 e. The van der Waals surface area contributed by atoms with Crippen molar-refractivity contribution in [2.75, 3.05) is 33.9 Å². The van der Waals surface area contributed by atoms with Gasteiger partial charge in [0, 0.05) is 38.9 Å². The molecule has 1 aliphatic heterocycles. The quantitative estimate of drug-likeness (QED) is 0.856. The summed E-state index contributed by atoms with van der Waals surface area (Å²) >= 11 is 0. The third-order valence-corrected chi connectivity index (χ3v) is 4.69. The van der Waals surface area contributed by atoms with Crippen LogP contribution in [0.3, 0.4) is 0 Å². The van der Waals surface area contributed by atoms with Gasteiger partial charge >= 0.3 is 0 Å². The molecule has 2 N–H and O–H groups in total. The third-order valence-electron chi connectivity index (χ3n) is 4.69. The van der Waals surface area contributed by atoms with Crippen LogP contribution in [0.1, 0.15) is 6.42 Å². The number of likely N-dealkylation sites (tertiary alicyclic amines) is 1. The number of piperidine rings is 1. The van der Waals surface area contributed by atoms with E-state index in [2.05, 4.69) is 9.88 Å². The molecule has 1 aromatic carbocycles. The van der Waals surface area contributed by atoms with E-state index in [-0.39, 0.29) is 17.7 Å². The van der Waals surface area contributed by atoms with E-state index in [0.717, 1.165) is 37.1 Å². The first kappa shape index (κ1) is 16.9. The van der Waals surface area contributed by atoms with Gasteiger partial charge in [-0.2, -0.15) is 0 Å². The van der Waals surface area contributed by atoms with Crippen LogP contribution >= 0.6 is 0 Å². The predicted molar refractivity (Wildman–Crippen MR) is 92.4 cm³/mol. The van der Waals surface area contributed by atoms with Gasteiger partial charge < -0.3 is 19.8 Å². The molecule has 0 bridgehead atoms. The molecule has 0 spiro atoms. The second-order valence-electron chi connectivity index (χ2n) is 6.13. The van der Waals surface area contributed by atoms with Gasteiger partial charge in [0.25, 0.3) is 5.56 Å². The standard InChI is InChI=1S/C17H24N4O3/c1-23-12-3-4-14-15(9-12)21(17(22)10-19-14)8-7-20-6-5-13(18)16(11-20)24-2/h3-4,9-10,13,16H,5-8,11,18H2,1-2H3/t13-,16+/m0/s1. The van der Waals surface area contributed by atoms with Crippen molar-refractivity contribution >= 4 is 11.0 Å². The zero-order valence-corrected chi connectivity index (χ0v) is 14.1. The summed E-state index contributed by atoms with van der Waals surface area (Å²) in [6.45, 7) is 3.07. The van der Waals surface area contributed by atoms with Crippen LogP contribution in [-0.2, 0) is 11.3 Å². The molecule has 24 heavy (non-hydrogen) atoms. The van der Waals surface area contributed by atoms with Crippen LogP contribution in [0.5, 0.6) is 5.75 Å². The summed E-state index contributed by atoms with van der Waals surface area (Å²) in [6.07, 6.45) is 2.32. The van der Waals surface area contributed by atoms with Crippen LogP contribution in [0, 0.1) is 0 Å². The van der Waals surface area contributed by atoms with Gasteiger partial charge in [0.2, 0.25) is 0 Å². The Hall–Kier alpha value is -1.96. The van der Waals surface area contributed by atoms with Crippen molar-refractivity contribution in [2.45, 2.75) is 25.1 Å². The van der Waals surface area contributed by atoms with E-state index in [1.54, 1.807) is 18.8 Å². The Morgan fingerprint density at radius 3 is 2.92 bits per heavy atom. The molecule has 0 amide bonds. The molecule has 1 aliphatic rings. The predicted octanol–water partition coefficient (Wildman–Crippen LogP) is 0.453. The zero-order chi connectivity index (χ0) is 17.1. The van der Waals surface area contributed by atoms with Crippen LogP contribution in [-0.4, -0.2) is 60.5 Å². The lowest BCUT2D eigenvalue weighted by molar-refractivity contribution is 0.0158. The maximum atomic E-state index is 12.3. The highest BCUT2D eigenvalue weighted by atomic mass is 16.5. The summed E-state index contributed by atoms with van der Waals surface area (Å²) in [5.74, 6) is 0.715. The summed E-state index contributed by atoms with van der Waals surface area (Å²) < 4.78 is 12.5. The fraction of sp³-hybridized carbons (Fsp3) is 0.529. The summed E-state index contributed by atoms with van der Waals surface area (Å²) in [5, 5.41) is 0. The molecule has 130 valence electrons. The van der Waals surface area contributed by atoms with Crippen LogP contribution in [0.4, 0.5) is 0 Å². The smallest absolute Gasteiger partial charge is 0.269 e. The van der Waals surface area contributed by atoms with Crippen molar-refractivity contribution in [3.8, 4) is 5.75 Å². The number of rotatable bonds is 5. The number of aromatic nitrogens is 2. The molecule has 0 radical (unpaired) electrons. The topological polar surface area (TPSA) is 82.6 Å². The fourth-order valence-corrected chi connectivity index (χ4v) is 3.19. The Morgan fingerprint density at radius 2 is 2.17 bits per heavy atom. The summed E-state index contributed by atoms with van der Waals surface area (Å²) in [6, 6.07) is 5.65. The summed E-state index contributed by atoms with van der Waals surface area (Å²) in [7, 11) is 3.31. The van der Waals surface area contributed by atoms with Gasteiger partial charge in [-0.1, -0.05) is 0 Å². The van der Waals surface area contributed by atoms with Crippen molar-refractivity contribution in [3.05, 3.63) is 34.7 Å². The van der Waals surface area contributed by atoms with Crippen molar-refractivity contribution in [2.24, 2.45) is 5.73 Å². The van der Waals surface area contributed by atoms with Crippen LogP contribution in [0.2, 0.25) is 0 Å². The molecule has 1 saturated heterocycles. The Balaban J connectivity index is 1.79. The lowest BCUT2D eigenvalue weighted by Crippen LogP contribution is -2.52. The SMILES string of the molecule is COc1ccc2ncc(=O)n(CCN3CC[C@H](N)[C@H](OC)C3)c2c1. The van der Waals surface area contributed by atoms with Crippen LogP contribution in [0.15, 0.2) is 29.2 Å². The highest BCUT2D eigenvalue weighted by Gasteiger charge is 2.26. The molecule has 0 aliphatic carbocycles. The number of benzene rings is 1. The number of hydrogen-bond donors (Lipinski definition) is 1. The minimum absolute atomic E-state index is 0.0461. The minimum atomic E-state index is -0.104. The van der Waals surface area contributed by atoms with Gasteiger partial charge in [-0.25, -0.2) is 4.98 Å². The number of methoxy groups -OCH3 is 2. The molecule has 3 rings (SSSR count). The number of ether oxygens (including phenoxy) is 2. The van der Waals surface area contributed by atoms with Crippen LogP contribution in [0.25, 0.3) is 11.0 Å². The number of hydrogen-bond acceptors (Lipinski definition) is 6. The molecule has 2 atom stereocenters. The third kappa shape index (κ3) is 3.43. The van der Waals surface area contributed by atoms with Gasteiger partial charge in [0.15, 0.2) is 0 Å². The average molecular weight is 332 g/mol. The Kier molecular flexibility index (Phi) is 5.13. The van der Waals surface area contributed by atoms with E-state index in [0.29, 0.717) is 12.3 Å². The average Bonchev–Trinajstić information content (AvgIpc) is 2.61. The van der Waals surface area contributed by atoms with E-state index >= 15 is 0 Å². The lowest BCUT2D eigenvalue weighted by Gasteiger charge is -2.36. The molecule has 2 aromatic rings. The summed E-state index contributed by atoms with van der Waals surface area (Å²) in [4.78, 5) is 18.8. The first-order valence-electron chi connectivity index (χ1n) is 8.16. The molecule has 1 fully saturated rings. The molecule has 1 aromatic heterocycles. The number of nitrogens with zero attached hydrogens (tertiary/aromatic N) is 3. The summed E-state index contributed by atoms with van der Waals surface area (Å²) in [5.41, 5.74) is 7.53. The minimum Gasteiger partial charge on any atom is -0.497 e. The normalized spacial score (nSPS) is 22.0. The Labute approximate surface area is 141 Å². The molecule has 0 unspecified atom stereocenters. The van der Waals surface area contributed by atoms with Gasteiger partial charge in [0.1, 0.15) is 5.75 Å². The largest absolute Gasteiger partial charge is 0.497 e. The van der Waals surface area contributed by atoms with Crippen molar-refractivity contribution < 1.29 is 9.47 Å². The molecule has 0 saturated carbocycles. The van der Waals surface area contributed by atoms with Gasteiger partial charge in [-0.15, -0.1) is 0 Å². The van der Waals surface area contributed by atoms with Crippen molar-refractivity contribution in [3.63, 3.8) is 0 Å². The first-order chi connectivity index (χ1) is 11.6. The second-order valence-corrected chi connectivity index (χ2v) is 6.13. The maximum absolute atomic E-state index is 12.3. The van der Waals surface area contributed by atoms with E-state index in [1.165, 1.54) is 6.20 Å². The van der Waals surface area contributed by atoms with Gasteiger partial charge in [0.05, 0.1) is 30.4 Å². The Morgan fingerprint density at radius 1 is 1.33 bits per heavy atom. The van der Waals surface area contributed by atoms with Gasteiger partial charge in [-0.3, -0.25) is 9.69 Å². The van der Waals surface area contributed by atoms with E-state index < -0.39 is 0 Å². The zero-order valence-electron chi connectivity index (χ0n) is 14.1. The molecule has 7 nitrogen and oxygen atoms in total. The van der Waals surface area contributed by atoms with Gasteiger partial charge in [-0.05, 0) is 25.1 Å². The molecular weight excluding hydrogens is 308 g/mol. The van der Waals surface area contributed by atoms with Crippen molar-refractivity contribution in [1.29, 1.82) is 0 Å². The molecule has 2 heterocycles.